The Morgan fingerprint density at radius 3 is 2.00 bits per heavy atom. The van der Waals surface area contributed by atoms with Gasteiger partial charge in [-0.25, -0.2) is 0 Å². The zero-order chi connectivity index (χ0) is 12.9. The van der Waals surface area contributed by atoms with E-state index < -0.39 is 0 Å². The molecule has 0 unspecified atom stereocenters. The Morgan fingerprint density at radius 2 is 1.28 bits per heavy atom. The standard InChI is InChI=1S/C16H28O2/c17-16-14-12-10-8-6-4-2-1-3-5-7-9-11-13-15-18-16/h1-2H,3-15H2/b2-1+. The number of cyclic esters (lactones) is 1. The van der Waals surface area contributed by atoms with Crippen molar-refractivity contribution in [2.24, 2.45) is 0 Å². The van der Waals surface area contributed by atoms with Gasteiger partial charge in [0, 0.05) is 6.42 Å². The lowest BCUT2D eigenvalue weighted by Crippen LogP contribution is -2.05. The molecule has 2 nitrogen and oxygen atoms in total. The van der Waals surface area contributed by atoms with E-state index in [9.17, 15) is 4.79 Å². The normalized spacial score (nSPS) is 23.9. The van der Waals surface area contributed by atoms with Crippen LogP contribution in [0.2, 0.25) is 0 Å². The summed E-state index contributed by atoms with van der Waals surface area (Å²) >= 11 is 0. The summed E-state index contributed by atoms with van der Waals surface area (Å²) in [5, 5.41) is 0. The Kier molecular flexibility index (Phi) is 9.59. The summed E-state index contributed by atoms with van der Waals surface area (Å²) in [7, 11) is 0. The van der Waals surface area contributed by atoms with Gasteiger partial charge in [-0.05, 0) is 38.5 Å². The lowest BCUT2D eigenvalue weighted by Gasteiger charge is -2.04. The molecular weight excluding hydrogens is 224 g/mol. The van der Waals surface area contributed by atoms with E-state index >= 15 is 0 Å². The highest BCUT2D eigenvalue weighted by Gasteiger charge is 2.02. The van der Waals surface area contributed by atoms with Crippen LogP contribution in [0.15, 0.2) is 12.2 Å². The number of esters is 1. The molecule has 1 aliphatic heterocycles. The fourth-order valence-corrected chi connectivity index (χ4v) is 2.27. The molecule has 0 N–H and O–H groups in total. The first-order chi connectivity index (χ1) is 8.89. The zero-order valence-electron chi connectivity index (χ0n) is 11.7. The van der Waals surface area contributed by atoms with Crippen LogP contribution in [0.5, 0.6) is 0 Å². The minimum absolute atomic E-state index is 0.000729. The van der Waals surface area contributed by atoms with Gasteiger partial charge < -0.3 is 4.74 Å². The van der Waals surface area contributed by atoms with E-state index in [1.165, 1.54) is 51.4 Å². The van der Waals surface area contributed by atoms with Crippen molar-refractivity contribution in [3.05, 3.63) is 12.2 Å². The molecule has 104 valence electrons. The lowest BCUT2D eigenvalue weighted by molar-refractivity contribution is -0.143. The van der Waals surface area contributed by atoms with Crippen LogP contribution < -0.4 is 0 Å². The minimum Gasteiger partial charge on any atom is -0.466 e. The predicted octanol–water partition coefficient (Wildman–Crippen LogP) is 4.78. The quantitative estimate of drug-likeness (QED) is 0.458. The molecule has 0 bridgehead atoms. The third kappa shape index (κ3) is 9.26. The molecule has 0 aromatic rings. The van der Waals surface area contributed by atoms with Crippen LogP contribution in [0, 0.1) is 0 Å². The monoisotopic (exact) mass is 252 g/mol. The number of hydrogen-bond acceptors (Lipinski definition) is 2. The number of ether oxygens (including phenoxy) is 1. The largest absolute Gasteiger partial charge is 0.466 e. The maximum atomic E-state index is 11.4. The van der Waals surface area contributed by atoms with Gasteiger partial charge in [-0.3, -0.25) is 4.79 Å². The molecule has 0 atom stereocenters. The Hall–Kier alpha value is -0.790. The summed E-state index contributed by atoms with van der Waals surface area (Å²) in [5.74, 6) is -0.000729. The van der Waals surface area contributed by atoms with Gasteiger partial charge in [0.15, 0.2) is 0 Å². The fourth-order valence-electron chi connectivity index (χ4n) is 2.27. The molecule has 1 rings (SSSR count). The first-order valence-electron chi connectivity index (χ1n) is 7.70. The number of carbonyl (C=O) groups excluding carboxylic acids is 1. The Morgan fingerprint density at radius 1 is 0.722 bits per heavy atom. The van der Waals surface area contributed by atoms with Crippen molar-refractivity contribution in [1.29, 1.82) is 0 Å². The molecule has 0 saturated carbocycles. The SMILES string of the molecule is O=C1CCCCCC/C=C/CCCCCCCO1. The maximum absolute atomic E-state index is 11.4. The molecule has 1 aliphatic rings. The number of allylic oxidation sites excluding steroid dienone is 2. The van der Waals surface area contributed by atoms with Crippen LogP contribution in [0.3, 0.4) is 0 Å². The third-order valence-electron chi connectivity index (χ3n) is 3.45. The second kappa shape index (κ2) is 11.3. The van der Waals surface area contributed by atoms with Gasteiger partial charge in [0.2, 0.25) is 0 Å². The smallest absolute Gasteiger partial charge is 0.305 e. The van der Waals surface area contributed by atoms with E-state index in [1.807, 2.05) is 0 Å². The van der Waals surface area contributed by atoms with Gasteiger partial charge in [-0.2, -0.15) is 0 Å². The number of rotatable bonds is 0. The van der Waals surface area contributed by atoms with Crippen molar-refractivity contribution in [2.45, 2.75) is 77.0 Å². The molecule has 1 heterocycles. The maximum Gasteiger partial charge on any atom is 0.305 e. The van der Waals surface area contributed by atoms with Crippen molar-refractivity contribution in [3.63, 3.8) is 0 Å². The topological polar surface area (TPSA) is 26.3 Å². The van der Waals surface area contributed by atoms with Gasteiger partial charge in [-0.15, -0.1) is 0 Å². The average Bonchev–Trinajstić information content (AvgIpc) is 2.37. The van der Waals surface area contributed by atoms with Crippen LogP contribution in [-0.2, 0) is 9.53 Å². The van der Waals surface area contributed by atoms with Crippen molar-refractivity contribution in [1.82, 2.24) is 0 Å². The highest BCUT2D eigenvalue weighted by molar-refractivity contribution is 5.69. The summed E-state index contributed by atoms with van der Waals surface area (Å²) < 4.78 is 5.22. The van der Waals surface area contributed by atoms with Gasteiger partial charge in [0.1, 0.15) is 0 Å². The summed E-state index contributed by atoms with van der Waals surface area (Å²) in [4.78, 5) is 11.4. The summed E-state index contributed by atoms with van der Waals surface area (Å²) in [6.07, 6.45) is 18.4. The van der Waals surface area contributed by atoms with Crippen LogP contribution in [0.25, 0.3) is 0 Å². The van der Waals surface area contributed by atoms with E-state index in [4.69, 9.17) is 4.74 Å². The molecule has 18 heavy (non-hydrogen) atoms. The first kappa shape index (κ1) is 15.3. The third-order valence-corrected chi connectivity index (χ3v) is 3.45. The van der Waals surface area contributed by atoms with Gasteiger partial charge in [0.05, 0.1) is 6.61 Å². The van der Waals surface area contributed by atoms with E-state index in [0.717, 1.165) is 19.3 Å². The summed E-state index contributed by atoms with van der Waals surface area (Å²) in [5.41, 5.74) is 0. The van der Waals surface area contributed by atoms with Crippen molar-refractivity contribution < 1.29 is 9.53 Å². The van der Waals surface area contributed by atoms with Gasteiger partial charge in [-0.1, -0.05) is 44.3 Å². The second-order valence-corrected chi connectivity index (χ2v) is 5.20. The van der Waals surface area contributed by atoms with E-state index in [-0.39, 0.29) is 5.97 Å². The molecule has 0 fully saturated rings. The highest BCUT2D eigenvalue weighted by Crippen LogP contribution is 2.10. The van der Waals surface area contributed by atoms with Gasteiger partial charge in [0.25, 0.3) is 0 Å². The van der Waals surface area contributed by atoms with Gasteiger partial charge >= 0.3 is 5.97 Å². The molecule has 0 amide bonds. The van der Waals surface area contributed by atoms with Crippen LogP contribution in [-0.4, -0.2) is 12.6 Å². The molecule has 0 aromatic heterocycles. The van der Waals surface area contributed by atoms with Crippen LogP contribution >= 0.6 is 0 Å². The molecule has 0 aromatic carbocycles. The molecule has 0 saturated heterocycles. The van der Waals surface area contributed by atoms with E-state index in [2.05, 4.69) is 12.2 Å². The molecule has 0 spiro atoms. The minimum atomic E-state index is -0.000729. The van der Waals surface area contributed by atoms with Crippen LogP contribution in [0.4, 0.5) is 0 Å². The number of carbonyl (C=O) groups is 1. The lowest BCUT2D eigenvalue weighted by atomic mass is 10.1. The van der Waals surface area contributed by atoms with Crippen molar-refractivity contribution in [3.8, 4) is 0 Å². The Balaban J connectivity index is 2.17. The highest BCUT2D eigenvalue weighted by atomic mass is 16.5. The molecule has 0 aliphatic carbocycles. The predicted molar refractivity (Wildman–Crippen MR) is 75.5 cm³/mol. The average molecular weight is 252 g/mol. The van der Waals surface area contributed by atoms with E-state index in [0.29, 0.717) is 13.0 Å². The van der Waals surface area contributed by atoms with E-state index in [1.54, 1.807) is 0 Å². The molecule has 2 heteroatoms. The number of hydrogen-bond donors (Lipinski definition) is 0. The zero-order valence-corrected chi connectivity index (χ0v) is 11.7. The van der Waals surface area contributed by atoms with Crippen molar-refractivity contribution >= 4 is 5.97 Å². The molecular formula is C16H28O2. The first-order valence-corrected chi connectivity index (χ1v) is 7.70. The fraction of sp³-hybridized carbons (Fsp3) is 0.812. The summed E-state index contributed by atoms with van der Waals surface area (Å²) in [6, 6.07) is 0. The van der Waals surface area contributed by atoms with Crippen molar-refractivity contribution in [2.75, 3.05) is 6.61 Å². The van der Waals surface area contributed by atoms with Crippen LogP contribution in [0.1, 0.15) is 77.0 Å². The second-order valence-electron chi connectivity index (χ2n) is 5.20. The Labute approximate surface area is 112 Å². The Bertz CT molecular complexity index is 233. The summed E-state index contributed by atoms with van der Waals surface area (Å²) in [6.45, 7) is 0.624. The molecule has 0 radical (unpaired) electrons.